The van der Waals surface area contributed by atoms with Crippen molar-refractivity contribution in [3.8, 4) is 11.1 Å². The molecule has 3 aromatic carbocycles. The monoisotopic (exact) mass is 328 g/mol. The fourth-order valence-electron chi connectivity index (χ4n) is 3.47. The summed E-state index contributed by atoms with van der Waals surface area (Å²) < 4.78 is 2.04. The number of benzene rings is 3. The Morgan fingerprint density at radius 2 is 1.58 bits per heavy atom. The molecule has 5 rings (SSSR count). The van der Waals surface area contributed by atoms with Gasteiger partial charge < -0.3 is 0 Å². The van der Waals surface area contributed by atoms with E-state index in [1.54, 1.807) is 0 Å². The molecular weight excluding hydrogens is 316 g/mol. The Hall–Kier alpha value is -2.84. The minimum Gasteiger partial charge on any atom is -0.232 e. The zero-order chi connectivity index (χ0) is 16.1. The molecule has 2 nitrogen and oxygen atoms in total. The number of hydrogen-bond acceptors (Lipinski definition) is 1. The number of hydrogen-bond donors (Lipinski definition) is 0. The van der Waals surface area contributed by atoms with Gasteiger partial charge in [0.15, 0.2) is 0 Å². The van der Waals surface area contributed by atoms with Gasteiger partial charge in [-0.3, -0.25) is 0 Å². The largest absolute Gasteiger partial charge is 0.232 e. The number of rotatable bonds is 1. The summed E-state index contributed by atoms with van der Waals surface area (Å²) in [7, 11) is 0. The van der Waals surface area contributed by atoms with E-state index in [4.69, 9.17) is 11.6 Å². The minimum atomic E-state index is 0.728. The van der Waals surface area contributed by atoms with E-state index in [0.29, 0.717) is 0 Å². The van der Waals surface area contributed by atoms with Crippen LogP contribution in [-0.2, 0) is 0 Å². The van der Waals surface area contributed by atoms with Crippen molar-refractivity contribution in [2.75, 3.05) is 0 Å². The highest BCUT2D eigenvalue weighted by molar-refractivity contribution is 6.31. The lowest BCUT2D eigenvalue weighted by Crippen LogP contribution is -1.92. The van der Waals surface area contributed by atoms with Crippen LogP contribution in [0.4, 0.5) is 0 Å². The normalized spacial score (nSPS) is 11.5. The molecule has 2 aromatic heterocycles. The quantitative estimate of drug-likeness (QED) is 0.371. The fourth-order valence-corrected chi connectivity index (χ4v) is 3.65. The number of aromatic nitrogens is 2. The average Bonchev–Trinajstić information content (AvgIpc) is 2.97. The zero-order valence-corrected chi connectivity index (χ0v) is 13.5. The molecule has 0 aliphatic rings. The molecule has 0 spiro atoms. The number of fused-ring (bicyclic) bond motifs is 5. The highest BCUT2D eigenvalue weighted by Gasteiger charge is 2.16. The van der Waals surface area contributed by atoms with Crippen molar-refractivity contribution in [2.24, 2.45) is 0 Å². The average molecular weight is 329 g/mol. The molecular formula is C21H13ClN2. The lowest BCUT2D eigenvalue weighted by Gasteiger charge is -2.05. The Kier molecular flexibility index (Phi) is 2.88. The summed E-state index contributed by atoms with van der Waals surface area (Å²) in [6, 6.07) is 24.9. The Morgan fingerprint density at radius 1 is 0.792 bits per heavy atom. The molecule has 3 heteroatoms. The van der Waals surface area contributed by atoms with Crippen LogP contribution in [0.25, 0.3) is 38.3 Å². The van der Waals surface area contributed by atoms with Gasteiger partial charge in [0.25, 0.3) is 0 Å². The smallest absolute Gasteiger partial charge is 0.0816 e. The van der Waals surface area contributed by atoms with E-state index in [-0.39, 0.29) is 0 Å². The maximum absolute atomic E-state index is 6.17. The predicted molar refractivity (Wildman–Crippen MR) is 101 cm³/mol. The van der Waals surface area contributed by atoms with Gasteiger partial charge in [0, 0.05) is 26.7 Å². The van der Waals surface area contributed by atoms with Crippen LogP contribution in [0.1, 0.15) is 0 Å². The second-order valence-electron chi connectivity index (χ2n) is 5.89. The molecule has 0 bridgehead atoms. The molecule has 0 saturated carbocycles. The van der Waals surface area contributed by atoms with Crippen molar-refractivity contribution in [3.63, 3.8) is 0 Å². The third-order valence-electron chi connectivity index (χ3n) is 4.49. The minimum absolute atomic E-state index is 0.728. The van der Waals surface area contributed by atoms with E-state index in [9.17, 15) is 0 Å². The summed E-state index contributed by atoms with van der Waals surface area (Å²) in [5.41, 5.74) is 4.65. The van der Waals surface area contributed by atoms with Crippen molar-refractivity contribution in [3.05, 3.63) is 84.0 Å². The van der Waals surface area contributed by atoms with Crippen molar-refractivity contribution < 1.29 is 0 Å². The van der Waals surface area contributed by atoms with Gasteiger partial charge in [0.05, 0.1) is 17.2 Å². The summed E-state index contributed by atoms with van der Waals surface area (Å²) in [6.45, 7) is 0. The lowest BCUT2D eigenvalue weighted by molar-refractivity contribution is 0.988. The molecule has 0 N–H and O–H groups in total. The molecule has 0 atom stereocenters. The topological polar surface area (TPSA) is 17.3 Å². The fraction of sp³-hybridized carbons (Fsp3) is 0. The van der Waals surface area contributed by atoms with Crippen LogP contribution in [-0.4, -0.2) is 9.61 Å². The molecule has 0 aliphatic carbocycles. The summed E-state index contributed by atoms with van der Waals surface area (Å²) in [5, 5.41) is 8.83. The molecule has 5 aromatic rings. The van der Waals surface area contributed by atoms with Gasteiger partial charge in [-0.1, -0.05) is 66.2 Å². The van der Waals surface area contributed by atoms with Crippen molar-refractivity contribution in [1.29, 1.82) is 0 Å². The summed E-state index contributed by atoms with van der Waals surface area (Å²) in [6.07, 6.45) is 1.88. The maximum Gasteiger partial charge on any atom is 0.0816 e. The second-order valence-corrected chi connectivity index (χ2v) is 6.33. The SMILES string of the molecule is Clc1ccc2c(cnn3c4ccccc4c(-c4ccccc4)c23)c1. The molecule has 0 amide bonds. The van der Waals surface area contributed by atoms with E-state index >= 15 is 0 Å². The Bertz CT molecular complexity index is 1210. The molecule has 0 unspecified atom stereocenters. The van der Waals surface area contributed by atoms with Gasteiger partial charge in [-0.2, -0.15) is 5.10 Å². The first-order valence-electron chi connectivity index (χ1n) is 7.86. The van der Waals surface area contributed by atoms with Crippen LogP contribution in [0.2, 0.25) is 5.02 Å². The van der Waals surface area contributed by atoms with Crippen molar-refractivity contribution >= 4 is 38.8 Å². The van der Waals surface area contributed by atoms with Crippen LogP contribution in [0.3, 0.4) is 0 Å². The third kappa shape index (κ3) is 1.87. The van der Waals surface area contributed by atoms with Gasteiger partial charge in [0.2, 0.25) is 0 Å². The van der Waals surface area contributed by atoms with Crippen LogP contribution in [0.5, 0.6) is 0 Å². The number of nitrogens with zero attached hydrogens (tertiary/aromatic N) is 2. The first-order chi connectivity index (χ1) is 11.8. The van der Waals surface area contributed by atoms with Gasteiger partial charge in [-0.15, -0.1) is 0 Å². The van der Waals surface area contributed by atoms with Gasteiger partial charge >= 0.3 is 0 Å². The van der Waals surface area contributed by atoms with E-state index in [0.717, 1.165) is 26.8 Å². The molecule has 0 fully saturated rings. The Balaban J connectivity index is 2.07. The Morgan fingerprint density at radius 3 is 2.46 bits per heavy atom. The van der Waals surface area contributed by atoms with Crippen LogP contribution in [0.15, 0.2) is 79.0 Å². The van der Waals surface area contributed by atoms with E-state index < -0.39 is 0 Å². The third-order valence-corrected chi connectivity index (χ3v) is 4.73. The highest BCUT2D eigenvalue weighted by atomic mass is 35.5. The number of halogens is 1. The summed E-state index contributed by atoms with van der Waals surface area (Å²) >= 11 is 6.17. The lowest BCUT2D eigenvalue weighted by atomic mass is 10.0. The first kappa shape index (κ1) is 13.6. The van der Waals surface area contributed by atoms with Crippen LogP contribution in [0, 0.1) is 0 Å². The van der Waals surface area contributed by atoms with Crippen LogP contribution >= 0.6 is 11.6 Å². The summed E-state index contributed by atoms with van der Waals surface area (Å²) in [5.74, 6) is 0. The highest BCUT2D eigenvalue weighted by Crippen LogP contribution is 2.38. The van der Waals surface area contributed by atoms with Gasteiger partial charge in [-0.05, 0) is 23.8 Å². The van der Waals surface area contributed by atoms with Crippen LogP contribution < -0.4 is 0 Å². The second kappa shape index (κ2) is 5.08. The first-order valence-corrected chi connectivity index (χ1v) is 8.24. The molecule has 114 valence electrons. The zero-order valence-electron chi connectivity index (χ0n) is 12.8. The number of para-hydroxylation sites is 1. The van der Waals surface area contributed by atoms with Gasteiger partial charge in [0.1, 0.15) is 0 Å². The maximum atomic E-state index is 6.17. The van der Waals surface area contributed by atoms with Crippen molar-refractivity contribution in [2.45, 2.75) is 0 Å². The molecule has 0 aliphatic heterocycles. The summed E-state index contributed by atoms with van der Waals surface area (Å²) in [4.78, 5) is 0. The molecule has 0 radical (unpaired) electrons. The molecule has 24 heavy (non-hydrogen) atoms. The predicted octanol–water partition coefficient (Wildman–Crippen LogP) is 5.96. The molecule has 2 heterocycles. The standard InChI is InChI=1S/C21H13ClN2/c22-16-10-11-17-15(12-16)13-23-24-19-9-5-4-8-18(19)20(21(17)24)14-6-2-1-3-7-14/h1-13H. The molecule has 0 saturated heterocycles. The van der Waals surface area contributed by atoms with E-state index in [2.05, 4.69) is 59.7 Å². The van der Waals surface area contributed by atoms with E-state index in [1.807, 2.05) is 28.9 Å². The van der Waals surface area contributed by atoms with Gasteiger partial charge in [-0.25, -0.2) is 4.52 Å². The van der Waals surface area contributed by atoms with E-state index in [1.165, 1.54) is 16.5 Å². The van der Waals surface area contributed by atoms with Crippen molar-refractivity contribution in [1.82, 2.24) is 9.61 Å². The Labute approximate surface area is 143 Å².